The minimum atomic E-state index is -0.212. The molecule has 3 heteroatoms. The molecule has 0 atom stereocenters. The van der Waals surface area contributed by atoms with Crippen molar-refractivity contribution in [3.63, 3.8) is 0 Å². The van der Waals surface area contributed by atoms with E-state index in [2.05, 4.69) is 43.4 Å². The topological polar surface area (TPSA) is 0 Å². The fraction of sp³-hybridized carbons (Fsp3) is 0.250. The van der Waals surface area contributed by atoms with Crippen molar-refractivity contribution in [3.05, 3.63) is 30.3 Å². The van der Waals surface area contributed by atoms with Crippen molar-refractivity contribution in [1.82, 2.24) is 0 Å². The van der Waals surface area contributed by atoms with Crippen LogP contribution < -0.4 is 22.2 Å². The summed E-state index contributed by atoms with van der Waals surface area (Å²) in [6.07, 6.45) is 0. The van der Waals surface area contributed by atoms with Crippen molar-refractivity contribution in [2.24, 2.45) is 0 Å². The van der Waals surface area contributed by atoms with Gasteiger partial charge in [-0.25, -0.2) is 0 Å². The van der Waals surface area contributed by atoms with E-state index in [-0.39, 0.29) is 48.8 Å². The Morgan fingerprint density at radius 2 is 1.45 bits per heavy atom. The number of hydrogen-bond acceptors (Lipinski definition) is 0. The van der Waals surface area contributed by atoms with Crippen molar-refractivity contribution < 1.29 is 17.0 Å². The maximum atomic E-state index is 2.31. The summed E-state index contributed by atoms with van der Waals surface area (Å²) in [6, 6.07) is 10.7. The molecule has 0 nitrogen and oxygen atoms in total. The minimum absolute atomic E-state index is 0. The van der Waals surface area contributed by atoms with Gasteiger partial charge in [0.2, 0.25) is 0 Å². The zero-order valence-electron chi connectivity index (χ0n) is 6.97. The summed E-state index contributed by atoms with van der Waals surface area (Å²) in [4.78, 5) is 0. The molecule has 56 valence electrons. The van der Waals surface area contributed by atoms with Gasteiger partial charge in [0.15, 0.2) is 0 Å². The minimum Gasteiger partial charge on any atom is -1.00 e. The maximum absolute atomic E-state index is 2.31. The predicted molar refractivity (Wildman–Crippen MR) is 49.3 cm³/mol. The van der Waals surface area contributed by atoms with Crippen LogP contribution in [0, 0.1) is 0 Å². The Kier molecular flexibility index (Phi) is 9.49. The van der Waals surface area contributed by atoms with Crippen molar-refractivity contribution in [2.45, 2.75) is 13.1 Å². The van der Waals surface area contributed by atoms with E-state index >= 15 is 0 Å². The van der Waals surface area contributed by atoms with E-state index < -0.39 is 0 Å². The molecule has 0 bridgehead atoms. The van der Waals surface area contributed by atoms with Crippen LogP contribution in [-0.4, -0.2) is 31.8 Å². The SMILES string of the molecule is C[Si-](C)c1ccccc1.[Br-].[Mg+2]. The van der Waals surface area contributed by atoms with Gasteiger partial charge in [0.25, 0.3) is 0 Å². The van der Waals surface area contributed by atoms with Crippen molar-refractivity contribution in [2.75, 3.05) is 0 Å². The van der Waals surface area contributed by atoms with E-state index in [1.165, 1.54) is 5.19 Å². The first-order valence-electron chi connectivity index (χ1n) is 3.16. The van der Waals surface area contributed by atoms with Crippen molar-refractivity contribution in [3.8, 4) is 0 Å². The molecule has 0 aliphatic rings. The molecule has 1 aromatic carbocycles. The first-order valence-corrected chi connectivity index (χ1v) is 5.66. The molecule has 0 N–H and O–H groups in total. The largest absolute Gasteiger partial charge is 2.00 e. The number of rotatable bonds is 1. The van der Waals surface area contributed by atoms with Crippen molar-refractivity contribution >= 4 is 37.0 Å². The molecule has 0 unspecified atom stereocenters. The maximum Gasteiger partial charge on any atom is 2.00 e. The monoisotopic (exact) mass is 238 g/mol. The van der Waals surface area contributed by atoms with Crippen LogP contribution in [0.2, 0.25) is 13.1 Å². The van der Waals surface area contributed by atoms with E-state index in [4.69, 9.17) is 0 Å². The summed E-state index contributed by atoms with van der Waals surface area (Å²) in [7, 11) is -0.212. The van der Waals surface area contributed by atoms with Crippen molar-refractivity contribution in [1.29, 1.82) is 0 Å². The molecule has 11 heavy (non-hydrogen) atoms. The Labute approximate surface area is 96.9 Å². The second-order valence-corrected chi connectivity index (χ2v) is 4.94. The molecular formula is C8H11BrMgSi. The van der Waals surface area contributed by atoms with Gasteiger partial charge in [-0.1, -0.05) is 30.3 Å². The Morgan fingerprint density at radius 1 is 1.00 bits per heavy atom. The van der Waals surface area contributed by atoms with Gasteiger partial charge >= 0.3 is 23.1 Å². The van der Waals surface area contributed by atoms with Crippen LogP contribution in [0.5, 0.6) is 0 Å². The fourth-order valence-electron chi connectivity index (χ4n) is 0.771. The van der Waals surface area contributed by atoms with E-state index in [1.807, 2.05) is 0 Å². The smallest absolute Gasteiger partial charge is 1.00 e. The number of halogens is 1. The average molecular weight is 239 g/mol. The third kappa shape index (κ3) is 5.01. The summed E-state index contributed by atoms with van der Waals surface area (Å²) in [5.74, 6) is 0. The standard InChI is InChI=1S/C8H11Si.BrH.Mg/c1-9(2)8-6-4-3-5-7-8;;/h3-7H,1-2H3;1H;/q-1;;+2/p-1. The molecule has 1 aromatic rings. The molecule has 0 aromatic heterocycles. The van der Waals surface area contributed by atoms with E-state index in [0.717, 1.165) is 0 Å². The first-order chi connectivity index (χ1) is 4.30. The second kappa shape index (κ2) is 7.34. The van der Waals surface area contributed by atoms with Crippen LogP contribution in [0.3, 0.4) is 0 Å². The van der Waals surface area contributed by atoms with E-state index in [0.29, 0.717) is 0 Å². The van der Waals surface area contributed by atoms with Crippen LogP contribution in [0.1, 0.15) is 0 Å². The summed E-state index contributed by atoms with van der Waals surface area (Å²) < 4.78 is 0. The molecule has 0 aliphatic carbocycles. The van der Waals surface area contributed by atoms with Gasteiger partial charge in [0, 0.05) is 0 Å². The van der Waals surface area contributed by atoms with Crippen LogP contribution in [0.25, 0.3) is 0 Å². The average Bonchev–Trinajstić information content (AvgIpc) is 1.90. The molecule has 1 rings (SSSR count). The summed E-state index contributed by atoms with van der Waals surface area (Å²) >= 11 is 0. The molecule has 0 saturated carbocycles. The van der Waals surface area contributed by atoms with Gasteiger partial charge in [0.1, 0.15) is 0 Å². The molecule has 0 fully saturated rings. The summed E-state index contributed by atoms with van der Waals surface area (Å²) in [5, 5.41) is 1.52. The number of hydrogen-bond donors (Lipinski definition) is 0. The fourth-order valence-corrected chi connectivity index (χ4v) is 1.63. The van der Waals surface area contributed by atoms with Gasteiger partial charge in [-0.05, 0) is 0 Å². The first kappa shape index (κ1) is 14.2. The zero-order chi connectivity index (χ0) is 6.69. The van der Waals surface area contributed by atoms with E-state index in [1.54, 1.807) is 0 Å². The zero-order valence-corrected chi connectivity index (χ0v) is 11.0. The van der Waals surface area contributed by atoms with Gasteiger partial charge in [-0.15, -0.1) is 0 Å². The Hall–Kier alpha value is 0.683. The third-order valence-electron chi connectivity index (χ3n) is 1.35. The van der Waals surface area contributed by atoms with Crippen LogP contribution >= 0.6 is 0 Å². The summed E-state index contributed by atoms with van der Waals surface area (Å²) in [6.45, 7) is 4.61. The number of benzene rings is 1. The van der Waals surface area contributed by atoms with Gasteiger partial charge in [-0.2, -0.15) is 18.3 Å². The van der Waals surface area contributed by atoms with Crippen LogP contribution in [-0.2, 0) is 0 Å². The normalized spacial score (nSPS) is 7.45. The van der Waals surface area contributed by atoms with Crippen LogP contribution in [0.4, 0.5) is 0 Å². The quantitative estimate of drug-likeness (QED) is 0.511. The molecule has 0 saturated heterocycles. The third-order valence-corrected chi connectivity index (χ3v) is 2.84. The Bertz CT molecular complexity index is 177. The summed E-state index contributed by atoms with van der Waals surface area (Å²) in [5.41, 5.74) is 0. The van der Waals surface area contributed by atoms with Crippen LogP contribution in [0.15, 0.2) is 30.3 Å². The van der Waals surface area contributed by atoms with Gasteiger partial charge in [-0.3, -0.25) is 8.80 Å². The predicted octanol–water partition coefficient (Wildman–Crippen LogP) is -1.73. The Balaban J connectivity index is 0. The second-order valence-electron chi connectivity index (χ2n) is 2.37. The van der Waals surface area contributed by atoms with Gasteiger partial charge < -0.3 is 17.0 Å². The molecule has 0 heterocycles. The van der Waals surface area contributed by atoms with Gasteiger partial charge in [0.05, 0.1) is 0 Å². The molecule has 0 spiro atoms. The molecule has 0 aliphatic heterocycles. The molecule has 0 radical (unpaired) electrons. The van der Waals surface area contributed by atoms with E-state index in [9.17, 15) is 0 Å². The molecular weight excluding hydrogens is 228 g/mol. The Morgan fingerprint density at radius 3 is 1.73 bits per heavy atom. The molecule has 0 amide bonds.